The molecular formula is C20H16O. The smallest absolute Gasteiger partial charge is 0.131 e. The fourth-order valence-electron chi connectivity index (χ4n) is 3.06. The Bertz CT molecular complexity index is 762. The van der Waals surface area contributed by atoms with Crippen molar-refractivity contribution in [2.24, 2.45) is 0 Å². The Morgan fingerprint density at radius 2 is 1.33 bits per heavy atom. The highest BCUT2D eigenvalue weighted by Gasteiger charge is 2.24. The van der Waals surface area contributed by atoms with Crippen molar-refractivity contribution in [3.8, 4) is 11.5 Å². The number of rotatable bonds is 1. The van der Waals surface area contributed by atoms with Crippen LogP contribution in [0.25, 0.3) is 0 Å². The van der Waals surface area contributed by atoms with E-state index >= 15 is 0 Å². The molecule has 0 radical (unpaired) electrons. The summed E-state index contributed by atoms with van der Waals surface area (Å²) in [5.74, 6) is 2.28. The molecule has 1 unspecified atom stereocenters. The summed E-state index contributed by atoms with van der Waals surface area (Å²) in [4.78, 5) is 0. The van der Waals surface area contributed by atoms with Crippen LogP contribution in [-0.2, 0) is 6.42 Å². The summed E-state index contributed by atoms with van der Waals surface area (Å²) in [6.07, 6.45) is 0.969. The molecule has 0 spiro atoms. The summed E-state index contributed by atoms with van der Waals surface area (Å²) in [5.41, 5.74) is 3.87. The standard InChI is InChI=1S/C20H16O/c1-2-8-15(9-3-1)18-14-16-10-4-6-12-19(16)21-20-13-7-5-11-17(18)20/h1-13,18H,14H2. The lowest BCUT2D eigenvalue weighted by atomic mass is 9.86. The van der Waals surface area contributed by atoms with Crippen molar-refractivity contribution < 1.29 is 4.74 Å². The van der Waals surface area contributed by atoms with Crippen molar-refractivity contribution in [1.82, 2.24) is 0 Å². The fraction of sp³-hybridized carbons (Fsp3) is 0.100. The Morgan fingerprint density at radius 1 is 0.667 bits per heavy atom. The van der Waals surface area contributed by atoms with Crippen LogP contribution in [0.15, 0.2) is 78.9 Å². The molecule has 1 heteroatoms. The lowest BCUT2D eigenvalue weighted by molar-refractivity contribution is 0.478. The molecule has 0 saturated heterocycles. The zero-order valence-electron chi connectivity index (χ0n) is 11.7. The molecule has 1 atom stereocenters. The quantitative estimate of drug-likeness (QED) is 0.594. The second-order valence-electron chi connectivity index (χ2n) is 5.42. The maximum absolute atomic E-state index is 6.15. The SMILES string of the molecule is c1ccc(C2Cc3ccccc3Oc3ccccc32)cc1. The van der Waals surface area contributed by atoms with Gasteiger partial charge in [0.25, 0.3) is 0 Å². The van der Waals surface area contributed by atoms with Crippen molar-refractivity contribution in [3.63, 3.8) is 0 Å². The van der Waals surface area contributed by atoms with Crippen molar-refractivity contribution in [3.05, 3.63) is 95.6 Å². The van der Waals surface area contributed by atoms with Crippen LogP contribution in [0.1, 0.15) is 22.6 Å². The molecule has 3 aromatic rings. The maximum atomic E-state index is 6.15. The molecular weight excluding hydrogens is 256 g/mol. The minimum Gasteiger partial charge on any atom is -0.457 e. The van der Waals surface area contributed by atoms with Crippen LogP contribution in [0.2, 0.25) is 0 Å². The minimum atomic E-state index is 0.339. The van der Waals surface area contributed by atoms with E-state index in [-0.39, 0.29) is 0 Å². The molecule has 3 aromatic carbocycles. The Balaban J connectivity index is 1.90. The molecule has 102 valence electrons. The molecule has 0 N–H and O–H groups in total. The van der Waals surface area contributed by atoms with E-state index in [2.05, 4.69) is 66.7 Å². The molecule has 1 nitrogen and oxygen atoms in total. The molecule has 1 aliphatic rings. The van der Waals surface area contributed by atoms with E-state index < -0.39 is 0 Å². The van der Waals surface area contributed by atoms with E-state index in [4.69, 9.17) is 4.74 Å². The Hall–Kier alpha value is -2.54. The number of fused-ring (bicyclic) bond motifs is 2. The first-order valence-corrected chi connectivity index (χ1v) is 7.31. The third-order valence-electron chi connectivity index (χ3n) is 4.11. The van der Waals surface area contributed by atoms with E-state index in [9.17, 15) is 0 Å². The average Bonchev–Trinajstić information content (AvgIpc) is 2.72. The first-order chi connectivity index (χ1) is 10.4. The van der Waals surface area contributed by atoms with Gasteiger partial charge < -0.3 is 4.74 Å². The molecule has 1 heterocycles. The highest BCUT2D eigenvalue weighted by Crippen LogP contribution is 2.41. The molecule has 1 aliphatic heterocycles. The summed E-state index contributed by atoms with van der Waals surface area (Å²) < 4.78 is 6.15. The second-order valence-corrected chi connectivity index (χ2v) is 5.42. The third kappa shape index (κ3) is 2.21. The van der Waals surface area contributed by atoms with Gasteiger partial charge in [0.15, 0.2) is 0 Å². The van der Waals surface area contributed by atoms with Crippen molar-refractivity contribution >= 4 is 0 Å². The number of benzene rings is 3. The first kappa shape index (κ1) is 12.2. The van der Waals surface area contributed by atoms with E-state index in [1.54, 1.807) is 0 Å². The van der Waals surface area contributed by atoms with Gasteiger partial charge in [0, 0.05) is 11.5 Å². The van der Waals surface area contributed by atoms with Gasteiger partial charge in [0.1, 0.15) is 11.5 Å². The summed E-state index contributed by atoms with van der Waals surface area (Å²) >= 11 is 0. The van der Waals surface area contributed by atoms with Gasteiger partial charge in [-0.2, -0.15) is 0 Å². The zero-order chi connectivity index (χ0) is 14.1. The molecule has 4 rings (SSSR count). The van der Waals surface area contributed by atoms with E-state index in [1.807, 2.05) is 12.1 Å². The lowest BCUT2D eigenvalue weighted by Crippen LogP contribution is -2.03. The predicted molar refractivity (Wildman–Crippen MR) is 84.9 cm³/mol. The van der Waals surface area contributed by atoms with Crippen LogP contribution in [0, 0.1) is 0 Å². The molecule has 0 aliphatic carbocycles. The third-order valence-corrected chi connectivity index (χ3v) is 4.11. The number of ether oxygens (including phenoxy) is 1. The summed E-state index contributed by atoms with van der Waals surface area (Å²) in [6.45, 7) is 0. The predicted octanol–water partition coefficient (Wildman–Crippen LogP) is 5.17. The monoisotopic (exact) mass is 272 g/mol. The second kappa shape index (κ2) is 5.10. The molecule has 0 bridgehead atoms. The van der Waals surface area contributed by atoms with Gasteiger partial charge in [0.2, 0.25) is 0 Å². The van der Waals surface area contributed by atoms with Gasteiger partial charge in [-0.15, -0.1) is 0 Å². The topological polar surface area (TPSA) is 9.23 Å². The summed E-state index contributed by atoms with van der Waals surface area (Å²) in [6, 6.07) is 27.4. The van der Waals surface area contributed by atoms with Crippen LogP contribution in [0.3, 0.4) is 0 Å². The minimum absolute atomic E-state index is 0.339. The van der Waals surface area contributed by atoms with Crippen molar-refractivity contribution in [1.29, 1.82) is 0 Å². The summed E-state index contributed by atoms with van der Waals surface area (Å²) in [7, 11) is 0. The van der Waals surface area contributed by atoms with Gasteiger partial charge in [-0.1, -0.05) is 66.7 Å². The van der Waals surface area contributed by atoms with Gasteiger partial charge in [-0.05, 0) is 29.7 Å². The van der Waals surface area contributed by atoms with Gasteiger partial charge in [-0.25, -0.2) is 0 Å². The maximum Gasteiger partial charge on any atom is 0.131 e. The van der Waals surface area contributed by atoms with E-state index in [1.165, 1.54) is 16.7 Å². The molecule has 0 saturated carbocycles. The van der Waals surface area contributed by atoms with Crippen molar-refractivity contribution in [2.75, 3.05) is 0 Å². The van der Waals surface area contributed by atoms with Crippen LogP contribution >= 0.6 is 0 Å². The van der Waals surface area contributed by atoms with Crippen molar-refractivity contribution in [2.45, 2.75) is 12.3 Å². The highest BCUT2D eigenvalue weighted by atomic mass is 16.5. The Kier molecular flexibility index (Phi) is 2.97. The van der Waals surface area contributed by atoms with E-state index in [0.717, 1.165) is 17.9 Å². The first-order valence-electron chi connectivity index (χ1n) is 7.31. The Morgan fingerprint density at radius 3 is 2.19 bits per heavy atom. The zero-order valence-corrected chi connectivity index (χ0v) is 11.7. The normalized spacial score (nSPS) is 16.3. The van der Waals surface area contributed by atoms with Crippen LogP contribution < -0.4 is 4.74 Å². The molecule has 0 aromatic heterocycles. The van der Waals surface area contributed by atoms with E-state index in [0.29, 0.717) is 5.92 Å². The fourth-order valence-corrected chi connectivity index (χ4v) is 3.06. The molecule has 0 fully saturated rings. The van der Waals surface area contributed by atoms with Crippen LogP contribution in [0.4, 0.5) is 0 Å². The largest absolute Gasteiger partial charge is 0.457 e. The van der Waals surface area contributed by atoms with Gasteiger partial charge >= 0.3 is 0 Å². The van der Waals surface area contributed by atoms with Crippen LogP contribution in [0.5, 0.6) is 11.5 Å². The van der Waals surface area contributed by atoms with Gasteiger partial charge in [0.05, 0.1) is 0 Å². The number of hydrogen-bond acceptors (Lipinski definition) is 1. The highest BCUT2D eigenvalue weighted by molar-refractivity contribution is 5.50. The average molecular weight is 272 g/mol. The van der Waals surface area contributed by atoms with Crippen LogP contribution in [-0.4, -0.2) is 0 Å². The number of hydrogen-bond donors (Lipinski definition) is 0. The lowest BCUT2D eigenvalue weighted by Gasteiger charge is -2.17. The molecule has 0 amide bonds. The van der Waals surface area contributed by atoms with Gasteiger partial charge in [-0.3, -0.25) is 0 Å². The summed E-state index contributed by atoms with van der Waals surface area (Å²) in [5, 5.41) is 0. The molecule has 21 heavy (non-hydrogen) atoms. The Labute approximate surface area is 124 Å². The number of para-hydroxylation sites is 2.